The van der Waals surface area contributed by atoms with Gasteiger partial charge in [0.1, 0.15) is 6.33 Å². The zero-order valence-corrected chi connectivity index (χ0v) is 7.75. The van der Waals surface area contributed by atoms with Crippen molar-refractivity contribution in [1.82, 2.24) is 20.1 Å². The van der Waals surface area contributed by atoms with Gasteiger partial charge in [-0.1, -0.05) is 13.3 Å². The summed E-state index contributed by atoms with van der Waals surface area (Å²) in [6.07, 6.45) is 4.16. The average molecular weight is 168 g/mol. The van der Waals surface area contributed by atoms with E-state index in [4.69, 9.17) is 0 Å². The number of unbranched alkanes of at least 4 members (excludes halogenated alkanes) is 1. The van der Waals surface area contributed by atoms with Gasteiger partial charge >= 0.3 is 0 Å². The molecular weight excluding hydrogens is 152 g/mol. The highest BCUT2D eigenvalue weighted by Crippen LogP contribution is 1.88. The van der Waals surface area contributed by atoms with Crippen molar-refractivity contribution in [1.29, 1.82) is 0 Å². The molecule has 0 saturated carbocycles. The van der Waals surface area contributed by atoms with Crippen LogP contribution in [0.2, 0.25) is 0 Å². The molecule has 1 rings (SSSR count). The topological polar surface area (TPSA) is 42.7 Å². The number of hydrogen-bond acceptors (Lipinski definition) is 3. The minimum Gasteiger partial charge on any atom is -0.310 e. The smallest absolute Gasteiger partial charge is 0.164 e. The van der Waals surface area contributed by atoms with Gasteiger partial charge in [0.15, 0.2) is 5.82 Å². The molecular formula is C8H16N4. The highest BCUT2D eigenvalue weighted by molar-refractivity contribution is 4.79. The van der Waals surface area contributed by atoms with Crippen LogP contribution in [0.3, 0.4) is 0 Å². The van der Waals surface area contributed by atoms with Crippen molar-refractivity contribution >= 4 is 0 Å². The molecule has 68 valence electrons. The third-order valence-electron chi connectivity index (χ3n) is 1.64. The van der Waals surface area contributed by atoms with E-state index in [2.05, 4.69) is 22.3 Å². The first-order chi connectivity index (χ1) is 5.83. The van der Waals surface area contributed by atoms with Gasteiger partial charge in [0.05, 0.1) is 6.54 Å². The van der Waals surface area contributed by atoms with E-state index in [0.29, 0.717) is 0 Å². The fraction of sp³-hybridized carbons (Fsp3) is 0.750. The van der Waals surface area contributed by atoms with E-state index in [1.807, 2.05) is 7.05 Å². The predicted octanol–water partition coefficient (Wildman–Crippen LogP) is 0.705. The second kappa shape index (κ2) is 4.87. The highest BCUT2D eigenvalue weighted by atomic mass is 15.3. The Hall–Kier alpha value is -0.900. The molecule has 4 nitrogen and oxygen atoms in total. The summed E-state index contributed by atoms with van der Waals surface area (Å²) in [5, 5.41) is 7.43. The quantitative estimate of drug-likeness (QED) is 0.658. The van der Waals surface area contributed by atoms with Gasteiger partial charge in [0, 0.05) is 7.05 Å². The van der Waals surface area contributed by atoms with E-state index in [1.165, 1.54) is 12.8 Å². The molecule has 0 saturated heterocycles. The fourth-order valence-electron chi connectivity index (χ4n) is 0.967. The lowest BCUT2D eigenvalue weighted by Crippen LogP contribution is -2.15. The average Bonchev–Trinajstić information content (AvgIpc) is 2.45. The minimum atomic E-state index is 0.779. The van der Waals surface area contributed by atoms with E-state index >= 15 is 0 Å². The van der Waals surface area contributed by atoms with Crippen LogP contribution in [0.15, 0.2) is 6.33 Å². The first kappa shape index (κ1) is 9.19. The normalized spacial score (nSPS) is 10.5. The maximum Gasteiger partial charge on any atom is 0.164 e. The van der Waals surface area contributed by atoms with E-state index in [9.17, 15) is 0 Å². The first-order valence-corrected chi connectivity index (χ1v) is 4.38. The zero-order chi connectivity index (χ0) is 8.81. The van der Waals surface area contributed by atoms with Gasteiger partial charge < -0.3 is 5.32 Å². The molecule has 1 heterocycles. The summed E-state index contributed by atoms with van der Waals surface area (Å²) in [5.41, 5.74) is 0. The Bertz CT molecular complexity index is 219. The number of nitrogens with one attached hydrogen (secondary N) is 1. The SMILES string of the molecule is CCCCNCc1ncn(C)n1. The van der Waals surface area contributed by atoms with Crippen LogP contribution in [0.5, 0.6) is 0 Å². The molecule has 0 aliphatic rings. The van der Waals surface area contributed by atoms with Crippen LogP contribution >= 0.6 is 0 Å². The summed E-state index contributed by atoms with van der Waals surface area (Å²) >= 11 is 0. The number of rotatable bonds is 5. The van der Waals surface area contributed by atoms with Gasteiger partial charge in [-0.25, -0.2) is 4.98 Å². The van der Waals surface area contributed by atoms with Crippen molar-refractivity contribution in [3.05, 3.63) is 12.2 Å². The van der Waals surface area contributed by atoms with Gasteiger partial charge in [0.25, 0.3) is 0 Å². The first-order valence-electron chi connectivity index (χ1n) is 4.38. The van der Waals surface area contributed by atoms with Crippen LogP contribution in [0.4, 0.5) is 0 Å². The van der Waals surface area contributed by atoms with Crippen molar-refractivity contribution in [2.45, 2.75) is 26.3 Å². The Kier molecular flexibility index (Phi) is 3.73. The number of hydrogen-bond donors (Lipinski definition) is 1. The van der Waals surface area contributed by atoms with Crippen molar-refractivity contribution in [3.8, 4) is 0 Å². The highest BCUT2D eigenvalue weighted by Gasteiger charge is 1.95. The Balaban J connectivity index is 2.15. The molecule has 1 N–H and O–H groups in total. The molecule has 0 radical (unpaired) electrons. The van der Waals surface area contributed by atoms with Crippen LogP contribution in [0, 0.1) is 0 Å². The molecule has 0 amide bonds. The minimum absolute atomic E-state index is 0.779. The Morgan fingerprint density at radius 1 is 1.58 bits per heavy atom. The molecule has 0 aliphatic carbocycles. The number of nitrogens with zero attached hydrogens (tertiary/aromatic N) is 3. The molecule has 12 heavy (non-hydrogen) atoms. The summed E-state index contributed by atoms with van der Waals surface area (Å²) in [6, 6.07) is 0. The summed E-state index contributed by atoms with van der Waals surface area (Å²) in [4.78, 5) is 4.10. The summed E-state index contributed by atoms with van der Waals surface area (Å²) < 4.78 is 1.72. The maximum atomic E-state index is 4.15. The van der Waals surface area contributed by atoms with Gasteiger partial charge in [-0.15, -0.1) is 0 Å². The molecule has 1 aromatic rings. The zero-order valence-electron chi connectivity index (χ0n) is 7.75. The monoisotopic (exact) mass is 168 g/mol. The van der Waals surface area contributed by atoms with Crippen molar-refractivity contribution in [3.63, 3.8) is 0 Å². The van der Waals surface area contributed by atoms with Gasteiger partial charge in [-0.05, 0) is 13.0 Å². The van der Waals surface area contributed by atoms with E-state index < -0.39 is 0 Å². The van der Waals surface area contributed by atoms with E-state index in [1.54, 1.807) is 11.0 Å². The third-order valence-corrected chi connectivity index (χ3v) is 1.64. The second-order valence-corrected chi connectivity index (χ2v) is 2.86. The molecule has 0 atom stereocenters. The van der Waals surface area contributed by atoms with Crippen LogP contribution < -0.4 is 5.32 Å². The molecule has 1 aromatic heterocycles. The maximum absolute atomic E-state index is 4.15. The second-order valence-electron chi connectivity index (χ2n) is 2.86. The van der Waals surface area contributed by atoms with Crippen LogP contribution in [0.1, 0.15) is 25.6 Å². The molecule has 0 fully saturated rings. The van der Waals surface area contributed by atoms with E-state index in [0.717, 1.165) is 18.9 Å². The van der Waals surface area contributed by atoms with Crippen LogP contribution in [-0.2, 0) is 13.6 Å². The Labute approximate surface area is 73.0 Å². The molecule has 0 spiro atoms. The summed E-state index contributed by atoms with van der Waals surface area (Å²) in [5.74, 6) is 0.869. The lowest BCUT2D eigenvalue weighted by Gasteiger charge is -1.98. The summed E-state index contributed by atoms with van der Waals surface area (Å²) in [6.45, 7) is 4.01. The van der Waals surface area contributed by atoms with Gasteiger partial charge in [0.2, 0.25) is 0 Å². The molecule has 0 unspecified atom stereocenters. The van der Waals surface area contributed by atoms with Crippen molar-refractivity contribution in [2.24, 2.45) is 7.05 Å². The molecule has 0 aliphatic heterocycles. The Morgan fingerprint density at radius 2 is 2.42 bits per heavy atom. The largest absolute Gasteiger partial charge is 0.310 e. The Morgan fingerprint density at radius 3 is 3.00 bits per heavy atom. The predicted molar refractivity (Wildman–Crippen MR) is 47.6 cm³/mol. The summed E-state index contributed by atoms with van der Waals surface area (Å²) in [7, 11) is 1.88. The lowest BCUT2D eigenvalue weighted by atomic mass is 10.3. The van der Waals surface area contributed by atoms with Gasteiger partial charge in [-0.3, -0.25) is 4.68 Å². The van der Waals surface area contributed by atoms with Crippen molar-refractivity contribution in [2.75, 3.05) is 6.54 Å². The van der Waals surface area contributed by atoms with E-state index in [-0.39, 0.29) is 0 Å². The molecule has 0 aromatic carbocycles. The third kappa shape index (κ3) is 3.00. The van der Waals surface area contributed by atoms with Crippen LogP contribution in [-0.4, -0.2) is 21.3 Å². The standard InChI is InChI=1S/C8H16N4/c1-3-4-5-9-6-8-10-7-12(2)11-8/h7,9H,3-6H2,1-2H3. The van der Waals surface area contributed by atoms with Gasteiger partial charge in [-0.2, -0.15) is 5.10 Å². The molecule has 4 heteroatoms. The number of aromatic nitrogens is 3. The van der Waals surface area contributed by atoms with Crippen molar-refractivity contribution < 1.29 is 0 Å². The fourth-order valence-corrected chi connectivity index (χ4v) is 0.967. The van der Waals surface area contributed by atoms with Crippen LogP contribution in [0.25, 0.3) is 0 Å². The molecule has 0 bridgehead atoms. The number of aryl methyl sites for hydroxylation is 1. The lowest BCUT2D eigenvalue weighted by molar-refractivity contribution is 0.616.